The van der Waals surface area contributed by atoms with Gasteiger partial charge in [-0.05, 0) is 44.2 Å². The molecule has 0 aliphatic carbocycles. The zero-order chi connectivity index (χ0) is 20.0. The van der Waals surface area contributed by atoms with Crippen molar-refractivity contribution < 1.29 is 22.7 Å². The molecule has 1 aromatic heterocycles. The molecule has 0 bridgehead atoms. The van der Waals surface area contributed by atoms with Crippen molar-refractivity contribution in [3.05, 3.63) is 36.0 Å². The molecule has 0 spiro atoms. The summed E-state index contributed by atoms with van der Waals surface area (Å²) in [6.45, 7) is 3.67. The van der Waals surface area contributed by atoms with Crippen LogP contribution in [0, 0.1) is 0 Å². The minimum absolute atomic E-state index is 0.00832. The Balaban J connectivity index is 2.22. The maximum absolute atomic E-state index is 13.2. The lowest BCUT2D eigenvalue weighted by Gasteiger charge is -2.11. The fourth-order valence-corrected chi connectivity index (χ4v) is 2.97. The van der Waals surface area contributed by atoms with E-state index in [0.717, 1.165) is 17.8 Å². The molecule has 146 valence electrons. The molecule has 1 amide bonds. The van der Waals surface area contributed by atoms with E-state index in [1.165, 1.54) is 7.11 Å². The van der Waals surface area contributed by atoms with Crippen molar-refractivity contribution in [2.45, 2.75) is 37.6 Å². The third kappa shape index (κ3) is 6.42. The molecule has 0 saturated carbocycles. The fourth-order valence-electron chi connectivity index (χ4n) is 2.17. The van der Waals surface area contributed by atoms with Crippen molar-refractivity contribution in [1.82, 2.24) is 15.3 Å². The second kappa shape index (κ2) is 9.07. The highest BCUT2D eigenvalue weighted by Crippen LogP contribution is 2.32. The van der Waals surface area contributed by atoms with Crippen LogP contribution in [0.1, 0.15) is 26.0 Å². The summed E-state index contributed by atoms with van der Waals surface area (Å²) in [7, 11) is 1.51. The van der Waals surface area contributed by atoms with Crippen LogP contribution in [0.5, 0.6) is 5.75 Å². The van der Waals surface area contributed by atoms with Gasteiger partial charge in [-0.1, -0.05) is 11.8 Å². The van der Waals surface area contributed by atoms with Crippen LogP contribution in [0.15, 0.2) is 35.5 Å². The molecule has 27 heavy (non-hydrogen) atoms. The van der Waals surface area contributed by atoms with Crippen LogP contribution in [0.4, 0.5) is 13.2 Å². The number of amides is 1. The molecule has 1 aromatic carbocycles. The third-order valence-corrected chi connectivity index (χ3v) is 4.24. The van der Waals surface area contributed by atoms with E-state index >= 15 is 0 Å². The summed E-state index contributed by atoms with van der Waals surface area (Å²) in [4.78, 5) is 19.5. The van der Waals surface area contributed by atoms with Gasteiger partial charge >= 0.3 is 6.18 Å². The number of alkyl halides is 3. The molecule has 0 atom stereocenters. The maximum atomic E-state index is 13.2. The normalized spacial score (nSPS) is 11.5. The number of hydrogen-bond acceptors (Lipinski definition) is 5. The van der Waals surface area contributed by atoms with Crippen LogP contribution in [-0.4, -0.2) is 34.8 Å². The molecule has 0 aliphatic rings. The number of nitrogens with one attached hydrogen (secondary N) is 1. The predicted octanol–water partition coefficient (Wildman–Crippen LogP) is 4.18. The van der Waals surface area contributed by atoms with Crippen LogP contribution in [0.2, 0.25) is 0 Å². The Kier molecular flexibility index (Phi) is 7.06. The number of carbonyl (C=O) groups excluding carboxylic acids is 1. The van der Waals surface area contributed by atoms with Crippen molar-refractivity contribution in [3.8, 4) is 17.0 Å². The number of halogens is 3. The van der Waals surface area contributed by atoms with Gasteiger partial charge in [0.15, 0.2) is 5.16 Å². The van der Waals surface area contributed by atoms with Gasteiger partial charge in [0.05, 0.1) is 12.8 Å². The average molecular weight is 399 g/mol. The summed E-state index contributed by atoms with van der Waals surface area (Å²) in [6, 6.07) is 7.48. The van der Waals surface area contributed by atoms with E-state index in [9.17, 15) is 18.0 Å². The van der Waals surface area contributed by atoms with Crippen molar-refractivity contribution >= 4 is 17.7 Å². The van der Waals surface area contributed by atoms with Crippen molar-refractivity contribution in [2.24, 2.45) is 0 Å². The van der Waals surface area contributed by atoms with Gasteiger partial charge in [0, 0.05) is 23.8 Å². The molecular weight excluding hydrogens is 379 g/mol. The smallest absolute Gasteiger partial charge is 0.433 e. The number of benzene rings is 1. The number of thioether (sulfide) groups is 1. The topological polar surface area (TPSA) is 64.1 Å². The van der Waals surface area contributed by atoms with Gasteiger partial charge in [0.2, 0.25) is 5.91 Å². The Morgan fingerprint density at radius 3 is 2.44 bits per heavy atom. The standard InChI is InChI=1S/C18H20F3N3O2S/c1-11(2)22-16(25)8-9-27-17-23-14(10-15(24-17)18(19,20)21)12-4-6-13(26-3)7-5-12/h4-7,10-11H,8-9H2,1-3H3,(H,22,25). The van der Waals surface area contributed by atoms with Gasteiger partial charge in [-0.15, -0.1) is 0 Å². The van der Waals surface area contributed by atoms with Gasteiger partial charge in [-0.25, -0.2) is 9.97 Å². The Morgan fingerprint density at radius 2 is 1.89 bits per heavy atom. The second-order valence-electron chi connectivity index (χ2n) is 5.97. The lowest BCUT2D eigenvalue weighted by atomic mass is 10.1. The van der Waals surface area contributed by atoms with Crippen LogP contribution >= 0.6 is 11.8 Å². The Morgan fingerprint density at radius 1 is 1.22 bits per heavy atom. The maximum Gasteiger partial charge on any atom is 0.433 e. The first kappa shape index (κ1) is 21.0. The second-order valence-corrected chi connectivity index (χ2v) is 7.03. The molecule has 9 heteroatoms. The van der Waals surface area contributed by atoms with Crippen LogP contribution < -0.4 is 10.1 Å². The quantitative estimate of drug-likeness (QED) is 0.559. The molecule has 1 N–H and O–H groups in total. The summed E-state index contributed by atoms with van der Waals surface area (Å²) in [6.07, 6.45) is -4.42. The summed E-state index contributed by atoms with van der Waals surface area (Å²) < 4.78 is 44.6. The zero-order valence-corrected chi connectivity index (χ0v) is 15.9. The van der Waals surface area contributed by atoms with E-state index in [2.05, 4.69) is 15.3 Å². The Bertz CT molecular complexity index is 780. The fraction of sp³-hybridized carbons (Fsp3) is 0.389. The predicted molar refractivity (Wildman–Crippen MR) is 97.6 cm³/mol. The van der Waals surface area contributed by atoms with Crippen LogP contribution in [0.3, 0.4) is 0 Å². The number of rotatable bonds is 7. The number of methoxy groups -OCH3 is 1. The van der Waals surface area contributed by atoms with Crippen molar-refractivity contribution in [3.63, 3.8) is 0 Å². The van der Waals surface area contributed by atoms with E-state index in [1.807, 2.05) is 13.8 Å². The average Bonchev–Trinajstić information content (AvgIpc) is 2.60. The first-order valence-corrected chi connectivity index (χ1v) is 9.20. The molecule has 2 aromatic rings. The van der Waals surface area contributed by atoms with Crippen molar-refractivity contribution in [2.75, 3.05) is 12.9 Å². The Hall–Kier alpha value is -2.29. The van der Waals surface area contributed by atoms with Crippen LogP contribution in [0.25, 0.3) is 11.3 Å². The number of aromatic nitrogens is 2. The third-order valence-electron chi connectivity index (χ3n) is 3.39. The summed E-state index contributed by atoms with van der Waals surface area (Å²) in [5.41, 5.74) is -0.338. The first-order chi connectivity index (χ1) is 12.7. The molecule has 2 rings (SSSR count). The molecule has 5 nitrogen and oxygen atoms in total. The van der Waals surface area contributed by atoms with E-state index in [4.69, 9.17) is 4.74 Å². The van der Waals surface area contributed by atoms with Gasteiger partial charge in [-0.3, -0.25) is 4.79 Å². The molecule has 0 saturated heterocycles. The highest BCUT2D eigenvalue weighted by Gasteiger charge is 2.33. The van der Waals surface area contributed by atoms with Gasteiger partial charge in [0.1, 0.15) is 11.4 Å². The first-order valence-electron chi connectivity index (χ1n) is 8.22. The van der Waals surface area contributed by atoms with Gasteiger partial charge in [0.25, 0.3) is 0 Å². The van der Waals surface area contributed by atoms with Crippen LogP contribution in [-0.2, 0) is 11.0 Å². The molecule has 0 fully saturated rings. The lowest BCUT2D eigenvalue weighted by Crippen LogP contribution is -2.30. The van der Waals surface area contributed by atoms with E-state index in [1.54, 1.807) is 24.3 Å². The molecule has 1 heterocycles. The number of ether oxygens (including phenoxy) is 1. The number of carbonyl (C=O) groups is 1. The minimum atomic E-state index is -4.59. The minimum Gasteiger partial charge on any atom is -0.497 e. The van der Waals surface area contributed by atoms with E-state index in [0.29, 0.717) is 11.3 Å². The largest absolute Gasteiger partial charge is 0.497 e. The van der Waals surface area contributed by atoms with Gasteiger partial charge in [-0.2, -0.15) is 13.2 Å². The highest BCUT2D eigenvalue weighted by molar-refractivity contribution is 7.99. The zero-order valence-electron chi connectivity index (χ0n) is 15.1. The van der Waals surface area contributed by atoms with E-state index < -0.39 is 11.9 Å². The summed E-state index contributed by atoms with van der Waals surface area (Å²) in [5.74, 6) is 0.705. The molecule has 0 radical (unpaired) electrons. The monoisotopic (exact) mass is 399 g/mol. The van der Waals surface area contributed by atoms with E-state index in [-0.39, 0.29) is 35.0 Å². The van der Waals surface area contributed by atoms with Gasteiger partial charge < -0.3 is 10.1 Å². The number of hydrogen-bond donors (Lipinski definition) is 1. The summed E-state index contributed by atoms with van der Waals surface area (Å²) in [5, 5.41) is 2.71. The SMILES string of the molecule is COc1ccc(-c2cc(C(F)(F)F)nc(SCCC(=O)NC(C)C)n2)cc1. The molecular formula is C18H20F3N3O2S. The molecule has 0 aliphatic heterocycles. The lowest BCUT2D eigenvalue weighted by molar-refractivity contribution is -0.141. The highest BCUT2D eigenvalue weighted by atomic mass is 32.2. The Labute approximate surface area is 159 Å². The number of nitrogens with zero attached hydrogens (tertiary/aromatic N) is 2. The van der Waals surface area contributed by atoms with Crippen molar-refractivity contribution in [1.29, 1.82) is 0 Å². The molecule has 0 unspecified atom stereocenters. The summed E-state index contributed by atoms with van der Waals surface area (Å²) >= 11 is 1.01.